The summed E-state index contributed by atoms with van der Waals surface area (Å²) in [7, 11) is 0. The van der Waals surface area contributed by atoms with Crippen molar-refractivity contribution in [2.45, 2.75) is 0 Å². The van der Waals surface area contributed by atoms with Crippen LogP contribution < -0.4 is 5.73 Å². The van der Waals surface area contributed by atoms with E-state index >= 15 is 0 Å². The van der Waals surface area contributed by atoms with Crippen LogP contribution in [0.25, 0.3) is 22.4 Å². The van der Waals surface area contributed by atoms with Crippen LogP contribution in [0.3, 0.4) is 0 Å². The molecule has 0 aliphatic carbocycles. The Balaban J connectivity index is 2.29. The van der Waals surface area contributed by atoms with E-state index < -0.39 is 0 Å². The maximum Gasteiger partial charge on any atom is 0.180 e. The minimum absolute atomic E-state index is 0.597. The Labute approximate surface area is 91.3 Å². The van der Waals surface area contributed by atoms with Gasteiger partial charge in [0.1, 0.15) is 5.69 Å². The molecule has 2 heterocycles. The Morgan fingerprint density at radius 3 is 2.75 bits per heavy atom. The van der Waals surface area contributed by atoms with Crippen molar-refractivity contribution in [3.8, 4) is 11.5 Å². The molecular weight excluding hydrogens is 202 g/mol. The topological polar surface area (TPSA) is 80.5 Å². The number of hydrogen-bond acceptors (Lipinski definition) is 4. The minimum Gasteiger partial charge on any atom is -0.399 e. The summed E-state index contributed by atoms with van der Waals surface area (Å²) in [5, 5.41) is 8.07. The molecule has 0 spiro atoms. The highest BCUT2D eigenvalue weighted by molar-refractivity contribution is 5.93. The summed E-state index contributed by atoms with van der Waals surface area (Å²) in [5.41, 5.74) is 8.10. The van der Waals surface area contributed by atoms with E-state index in [1.165, 1.54) is 0 Å². The fourth-order valence-corrected chi connectivity index (χ4v) is 1.62. The number of aromatic amines is 1. The fourth-order valence-electron chi connectivity index (χ4n) is 1.62. The van der Waals surface area contributed by atoms with Crippen molar-refractivity contribution in [1.82, 2.24) is 20.2 Å². The average molecular weight is 211 g/mol. The molecule has 3 rings (SSSR count). The summed E-state index contributed by atoms with van der Waals surface area (Å²) in [5.74, 6) is 0.597. The molecule has 0 amide bonds. The van der Waals surface area contributed by atoms with E-state index in [1.807, 2.05) is 18.2 Å². The van der Waals surface area contributed by atoms with Crippen molar-refractivity contribution in [2.75, 3.05) is 5.73 Å². The molecule has 2 aromatic heterocycles. The molecule has 0 fully saturated rings. The second kappa shape index (κ2) is 3.30. The lowest BCUT2D eigenvalue weighted by Gasteiger charge is -1.96. The number of nitrogens with zero attached hydrogens (tertiary/aromatic N) is 3. The molecule has 3 N–H and O–H groups in total. The van der Waals surface area contributed by atoms with Crippen molar-refractivity contribution >= 4 is 16.6 Å². The number of aromatic nitrogens is 4. The Morgan fingerprint density at radius 2 is 1.94 bits per heavy atom. The first kappa shape index (κ1) is 8.84. The summed E-state index contributed by atoms with van der Waals surface area (Å²) < 4.78 is 0. The van der Waals surface area contributed by atoms with Gasteiger partial charge < -0.3 is 5.73 Å². The van der Waals surface area contributed by atoms with Gasteiger partial charge in [-0.05, 0) is 24.3 Å². The Morgan fingerprint density at radius 1 is 1.12 bits per heavy atom. The Hall–Kier alpha value is -2.43. The normalized spacial score (nSPS) is 10.8. The van der Waals surface area contributed by atoms with Crippen LogP contribution in [0.15, 0.2) is 36.7 Å². The number of fused-ring (bicyclic) bond motifs is 1. The molecule has 78 valence electrons. The molecule has 0 saturated carbocycles. The maximum absolute atomic E-state index is 5.75. The van der Waals surface area contributed by atoms with Crippen LogP contribution in [-0.2, 0) is 0 Å². The van der Waals surface area contributed by atoms with Crippen LogP contribution in [0, 0.1) is 0 Å². The number of nitrogen functional groups attached to an aromatic ring is 1. The Bertz CT molecular complexity index is 629. The van der Waals surface area contributed by atoms with Gasteiger partial charge in [0, 0.05) is 23.5 Å². The lowest BCUT2D eigenvalue weighted by Crippen LogP contribution is -1.88. The minimum atomic E-state index is 0.597. The van der Waals surface area contributed by atoms with E-state index in [4.69, 9.17) is 5.73 Å². The summed E-state index contributed by atoms with van der Waals surface area (Å²) in [4.78, 5) is 8.33. The van der Waals surface area contributed by atoms with Crippen molar-refractivity contribution in [3.63, 3.8) is 0 Å². The highest BCUT2D eigenvalue weighted by Gasteiger charge is 2.09. The fraction of sp³-hybridized carbons (Fsp3) is 0. The van der Waals surface area contributed by atoms with Gasteiger partial charge in [-0.1, -0.05) is 0 Å². The molecule has 0 saturated heterocycles. The first-order valence-electron chi connectivity index (χ1n) is 4.85. The van der Waals surface area contributed by atoms with Gasteiger partial charge in [0.25, 0.3) is 0 Å². The maximum atomic E-state index is 5.75. The molecule has 16 heavy (non-hydrogen) atoms. The molecule has 0 aliphatic rings. The van der Waals surface area contributed by atoms with Gasteiger partial charge in [-0.3, -0.25) is 5.10 Å². The lowest BCUT2D eigenvalue weighted by molar-refractivity contribution is 1.08. The zero-order valence-corrected chi connectivity index (χ0v) is 8.38. The van der Waals surface area contributed by atoms with Gasteiger partial charge in [0.2, 0.25) is 0 Å². The zero-order chi connectivity index (χ0) is 11.0. The molecule has 0 aliphatic heterocycles. The third-order valence-electron chi connectivity index (χ3n) is 2.36. The third kappa shape index (κ3) is 1.30. The lowest BCUT2D eigenvalue weighted by atomic mass is 10.2. The third-order valence-corrected chi connectivity index (χ3v) is 2.36. The monoisotopic (exact) mass is 211 g/mol. The number of nitrogens with two attached hydrogens (primary N) is 1. The highest BCUT2D eigenvalue weighted by atomic mass is 15.1. The van der Waals surface area contributed by atoms with E-state index in [0.717, 1.165) is 16.6 Å². The molecule has 0 bridgehead atoms. The largest absolute Gasteiger partial charge is 0.399 e. The van der Waals surface area contributed by atoms with Gasteiger partial charge in [-0.25, -0.2) is 9.97 Å². The SMILES string of the molecule is Nc1ccc2[nH]nc(-c3ncccn3)c2c1. The van der Waals surface area contributed by atoms with E-state index in [2.05, 4.69) is 20.2 Å². The number of hydrogen-bond donors (Lipinski definition) is 2. The van der Waals surface area contributed by atoms with Crippen LogP contribution in [0.5, 0.6) is 0 Å². The molecule has 0 radical (unpaired) electrons. The van der Waals surface area contributed by atoms with Crippen LogP contribution in [0.4, 0.5) is 5.69 Å². The predicted molar refractivity (Wildman–Crippen MR) is 61.5 cm³/mol. The molecule has 1 aromatic carbocycles. The summed E-state index contributed by atoms with van der Waals surface area (Å²) >= 11 is 0. The van der Waals surface area contributed by atoms with E-state index in [-0.39, 0.29) is 0 Å². The average Bonchev–Trinajstić information content (AvgIpc) is 2.73. The molecular formula is C11H9N5. The van der Waals surface area contributed by atoms with Crippen LogP contribution in [0.2, 0.25) is 0 Å². The van der Waals surface area contributed by atoms with Crippen molar-refractivity contribution < 1.29 is 0 Å². The standard InChI is InChI=1S/C11H9N5/c12-7-2-3-9-8(6-7)10(16-15-9)11-13-4-1-5-14-11/h1-6H,12H2,(H,15,16). The summed E-state index contributed by atoms with van der Waals surface area (Å²) in [6.07, 6.45) is 3.38. The van der Waals surface area contributed by atoms with Crippen LogP contribution in [-0.4, -0.2) is 20.2 Å². The smallest absolute Gasteiger partial charge is 0.180 e. The molecule has 0 atom stereocenters. The van der Waals surface area contributed by atoms with Crippen molar-refractivity contribution in [3.05, 3.63) is 36.7 Å². The van der Waals surface area contributed by atoms with Crippen LogP contribution in [0.1, 0.15) is 0 Å². The van der Waals surface area contributed by atoms with E-state index in [1.54, 1.807) is 18.5 Å². The summed E-state index contributed by atoms with van der Waals surface area (Å²) in [6.45, 7) is 0. The Kier molecular flexibility index (Phi) is 1.83. The quantitative estimate of drug-likeness (QED) is 0.599. The predicted octanol–water partition coefficient (Wildman–Crippen LogP) is 1.60. The first-order chi connectivity index (χ1) is 7.84. The second-order valence-corrected chi connectivity index (χ2v) is 3.45. The highest BCUT2D eigenvalue weighted by Crippen LogP contribution is 2.24. The molecule has 0 unspecified atom stereocenters. The van der Waals surface area contributed by atoms with E-state index in [9.17, 15) is 0 Å². The van der Waals surface area contributed by atoms with Gasteiger partial charge in [0.15, 0.2) is 5.82 Å². The second-order valence-electron chi connectivity index (χ2n) is 3.45. The van der Waals surface area contributed by atoms with Crippen molar-refractivity contribution in [2.24, 2.45) is 0 Å². The van der Waals surface area contributed by atoms with Crippen molar-refractivity contribution in [1.29, 1.82) is 0 Å². The molecule has 5 heteroatoms. The zero-order valence-electron chi connectivity index (χ0n) is 8.38. The number of anilines is 1. The first-order valence-corrected chi connectivity index (χ1v) is 4.85. The number of H-pyrrole nitrogens is 1. The van der Waals surface area contributed by atoms with Crippen LogP contribution >= 0.6 is 0 Å². The molecule has 5 nitrogen and oxygen atoms in total. The van der Waals surface area contributed by atoms with Gasteiger partial charge in [-0.2, -0.15) is 5.10 Å². The van der Waals surface area contributed by atoms with E-state index in [0.29, 0.717) is 11.5 Å². The van der Waals surface area contributed by atoms with Gasteiger partial charge in [-0.15, -0.1) is 0 Å². The number of benzene rings is 1. The number of nitrogens with one attached hydrogen (secondary N) is 1. The van der Waals surface area contributed by atoms with Gasteiger partial charge in [0.05, 0.1) is 5.52 Å². The number of rotatable bonds is 1. The molecule has 3 aromatic rings. The van der Waals surface area contributed by atoms with Gasteiger partial charge >= 0.3 is 0 Å². The summed E-state index contributed by atoms with van der Waals surface area (Å²) in [6, 6.07) is 7.36.